The molecule has 4 rings (SSSR count). The summed E-state index contributed by atoms with van der Waals surface area (Å²) < 4.78 is 10.6. The molecule has 7 nitrogen and oxygen atoms in total. The Bertz CT molecular complexity index is 1150. The van der Waals surface area contributed by atoms with Crippen LogP contribution in [0.2, 0.25) is 0 Å². The number of aryl methyl sites for hydroxylation is 1. The van der Waals surface area contributed by atoms with E-state index in [4.69, 9.17) is 9.15 Å². The summed E-state index contributed by atoms with van der Waals surface area (Å²) in [5, 5.41) is 2.86. The largest absolute Gasteiger partial charge is 0.496 e. The second-order valence-corrected chi connectivity index (χ2v) is 7.36. The number of furan rings is 1. The molecule has 1 aliphatic rings. The van der Waals surface area contributed by atoms with Gasteiger partial charge < -0.3 is 14.5 Å². The fourth-order valence-electron chi connectivity index (χ4n) is 3.65. The molecule has 0 spiro atoms. The van der Waals surface area contributed by atoms with Crippen molar-refractivity contribution in [1.29, 1.82) is 0 Å². The maximum Gasteiger partial charge on any atom is 0.261 e. The zero-order valence-corrected chi connectivity index (χ0v) is 17.3. The Hall–Kier alpha value is -3.87. The van der Waals surface area contributed by atoms with Gasteiger partial charge >= 0.3 is 0 Å². The van der Waals surface area contributed by atoms with Crippen molar-refractivity contribution in [2.75, 3.05) is 13.7 Å². The Balaban J connectivity index is 1.43. The van der Waals surface area contributed by atoms with Gasteiger partial charge in [-0.15, -0.1) is 0 Å². The van der Waals surface area contributed by atoms with Crippen molar-refractivity contribution in [3.63, 3.8) is 0 Å². The van der Waals surface area contributed by atoms with Crippen molar-refractivity contribution in [3.8, 4) is 5.75 Å². The monoisotopic (exact) mass is 418 g/mol. The van der Waals surface area contributed by atoms with Gasteiger partial charge in [-0.1, -0.05) is 17.7 Å². The van der Waals surface area contributed by atoms with E-state index in [-0.39, 0.29) is 23.6 Å². The number of benzene rings is 2. The van der Waals surface area contributed by atoms with Crippen LogP contribution in [0.3, 0.4) is 0 Å². The van der Waals surface area contributed by atoms with Gasteiger partial charge in [-0.2, -0.15) is 0 Å². The number of nitrogens with one attached hydrogen (secondary N) is 1. The van der Waals surface area contributed by atoms with Crippen LogP contribution in [-0.2, 0) is 13.0 Å². The van der Waals surface area contributed by atoms with Crippen LogP contribution in [0, 0.1) is 6.92 Å². The lowest BCUT2D eigenvalue weighted by atomic mass is 10.0. The Morgan fingerprint density at radius 1 is 1.06 bits per heavy atom. The minimum atomic E-state index is -0.435. The normalized spacial score (nSPS) is 12.8. The first-order valence-corrected chi connectivity index (χ1v) is 9.92. The van der Waals surface area contributed by atoms with Crippen LogP contribution < -0.4 is 10.1 Å². The van der Waals surface area contributed by atoms with Crippen LogP contribution in [-0.4, -0.2) is 36.3 Å². The van der Waals surface area contributed by atoms with E-state index < -0.39 is 11.8 Å². The number of ether oxygens (including phenoxy) is 1. The zero-order valence-electron chi connectivity index (χ0n) is 17.3. The summed E-state index contributed by atoms with van der Waals surface area (Å²) in [5.41, 5.74) is 2.97. The maximum absolute atomic E-state index is 12.7. The van der Waals surface area contributed by atoms with Gasteiger partial charge in [0.05, 0.1) is 31.0 Å². The van der Waals surface area contributed by atoms with Crippen LogP contribution in [0.15, 0.2) is 59.2 Å². The van der Waals surface area contributed by atoms with E-state index in [0.29, 0.717) is 24.3 Å². The zero-order chi connectivity index (χ0) is 22.0. The van der Waals surface area contributed by atoms with Crippen LogP contribution in [0.4, 0.5) is 0 Å². The number of methoxy groups -OCH3 is 1. The van der Waals surface area contributed by atoms with Crippen molar-refractivity contribution < 1.29 is 23.5 Å². The molecule has 1 N–H and O–H groups in total. The van der Waals surface area contributed by atoms with Gasteiger partial charge in [0.15, 0.2) is 0 Å². The van der Waals surface area contributed by atoms with Crippen molar-refractivity contribution in [2.45, 2.75) is 19.9 Å². The highest BCUT2D eigenvalue weighted by atomic mass is 16.5. The first-order chi connectivity index (χ1) is 15.0. The number of carbonyl (C=O) groups is 3. The van der Waals surface area contributed by atoms with Gasteiger partial charge in [-0.25, -0.2) is 0 Å². The number of imide groups is 1. The summed E-state index contributed by atoms with van der Waals surface area (Å²) in [6.07, 6.45) is 2.10. The molecule has 1 aliphatic heterocycles. The number of fused-ring (bicyclic) bond motifs is 1. The second-order valence-electron chi connectivity index (χ2n) is 7.36. The van der Waals surface area contributed by atoms with E-state index in [0.717, 1.165) is 21.8 Å². The highest BCUT2D eigenvalue weighted by Crippen LogP contribution is 2.26. The van der Waals surface area contributed by atoms with Crippen molar-refractivity contribution in [1.82, 2.24) is 10.2 Å². The lowest BCUT2D eigenvalue weighted by molar-refractivity contribution is 0.0631. The predicted octanol–water partition coefficient (Wildman–Crippen LogP) is 3.37. The second kappa shape index (κ2) is 8.47. The molecule has 31 heavy (non-hydrogen) atoms. The number of hydrogen-bond acceptors (Lipinski definition) is 5. The molecular formula is C24H22N2O5. The van der Waals surface area contributed by atoms with Crippen LogP contribution in [0.1, 0.15) is 48.0 Å². The lowest BCUT2D eigenvalue weighted by Gasteiger charge is -2.11. The lowest BCUT2D eigenvalue weighted by Crippen LogP contribution is -2.28. The summed E-state index contributed by atoms with van der Waals surface area (Å²) in [6, 6.07) is 13.9. The standard InChI is InChI=1S/C24H22N2O5/c1-15-5-8-21(30-2)16(12-15)9-10-25-22(27)17-6-7-19-20(13-17)24(29)26(23(19)28)14-18-4-3-11-31-18/h3-8,11-13H,9-10,14H2,1-2H3,(H,25,27). The Labute approximate surface area is 179 Å². The number of rotatable bonds is 7. The SMILES string of the molecule is COc1ccc(C)cc1CCNC(=O)c1ccc2c(c1)C(=O)N(Cc1ccco1)C2=O. The third-order valence-electron chi connectivity index (χ3n) is 5.24. The molecule has 0 atom stereocenters. The minimum Gasteiger partial charge on any atom is -0.496 e. The summed E-state index contributed by atoms with van der Waals surface area (Å²) in [6.45, 7) is 2.46. The smallest absolute Gasteiger partial charge is 0.261 e. The van der Waals surface area contributed by atoms with Crippen molar-refractivity contribution in [2.24, 2.45) is 0 Å². The average molecular weight is 418 g/mol. The molecule has 2 heterocycles. The number of nitrogens with zero attached hydrogens (tertiary/aromatic N) is 1. The molecule has 3 aromatic rings. The first-order valence-electron chi connectivity index (χ1n) is 9.92. The molecule has 1 aromatic heterocycles. The van der Waals surface area contributed by atoms with Crippen LogP contribution >= 0.6 is 0 Å². The predicted molar refractivity (Wildman–Crippen MR) is 113 cm³/mol. The fraction of sp³-hybridized carbons (Fsp3) is 0.208. The van der Waals surface area contributed by atoms with Gasteiger partial charge in [0.1, 0.15) is 11.5 Å². The van der Waals surface area contributed by atoms with E-state index in [1.54, 1.807) is 25.3 Å². The molecule has 0 saturated heterocycles. The van der Waals surface area contributed by atoms with Gasteiger partial charge in [-0.3, -0.25) is 19.3 Å². The highest BCUT2D eigenvalue weighted by Gasteiger charge is 2.36. The molecule has 0 bridgehead atoms. The van der Waals surface area contributed by atoms with Gasteiger partial charge in [-0.05, 0) is 55.3 Å². The number of hydrogen-bond donors (Lipinski definition) is 1. The third-order valence-corrected chi connectivity index (χ3v) is 5.24. The topological polar surface area (TPSA) is 88.8 Å². The number of amides is 3. The quantitative estimate of drug-likeness (QED) is 0.595. The molecule has 0 aliphatic carbocycles. The Kier molecular flexibility index (Phi) is 5.58. The molecular weight excluding hydrogens is 396 g/mol. The average Bonchev–Trinajstić information content (AvgIpc) is 3.36. The van der Waals surface area contributed by atoms with Crippen LogP contribution in [0.5, 0.6) is 5.75 Å². The fourth-order valence-corrected chi connectivity index (χ4v) is 3.65. The maximum atomic E-state index is 12.7. The van der Waals surface area contributed by atoms with Crippen molar-refractivity contribution >= 4 is 17.7 Å². The Morgan fingerprint density at radius 2 is 1.87 bits per heavy atom. The first kappa shape index (κ1) is 20.4. The molecule has 2 aromatic carbocycles. The third kappa shape index (κ3) is 4.07. The van der Waals surface area contributed by atoms with Crippen molar-refractivity contribution in [3.05, 3.63) is 88.4 Å². The molecule has 0 saturated carbocycles. The summed E-state index contributed by atoms with van der Waals surface area (Å²) in [4.78, 5) is 39.0. The van der Waals surface area contributed by atoms with E-state index in [2.05, 4.69) is 5.32 Å². The number of carbonyl (C=O) groups excluding carboxylic acids is 3. The minimum absolute atomic E-state index is 0.0548. The van der Waals surface area contributed by atoms with Gasteiger partial charge in [0, 0.05) is 12.1 Å². The van der Waals surface area contributed by atoms with Crippen LogP contribution in [0.25, 0.3) is 0 Å². The van der Waals surface area contributed by atoms with E-state index in [1.807, 2.05) is 25.1 Å². The summed E-state index contributed by atoms with van der Waals surface area (Å²) in [5.74, 6) is 0.154. The molecule has 0 radical (unpaired) electrons. The summed E-state index contributed by atoms with van der Waals surface area (Å²) >= 11 is 0. The molecule has 158 valence electrons. The molecule has 0 unspecified atom stereocenters. The van der Waals surface area contributed by atoms with Gasteiger partial charge in [0.2, 0.25) is 0 Å². The Morgan fingerprint density at radius 3 is 2.61 bits per heavy atom. The van der Waals surface area contributed by atoms with Gasteiger partial charge in [0.25, 0.3) is 17.7 Å². The molecule has 0 fully saturated rings. The molecule has 3 amide bonds. The van der Waals surface area contributed by atoms with E-state index in [9.17, 15) is 14.4 Å². The summed E-state index contributed by atoms with van der Waals surface area (Å²) in [7, 11) is 1.62. The highest BCUT2D eigenvalue weighted by molar-refractivity contribution is 6.22. The van der Waals surface area contributed by atoms with E-state index in [1.165, 1.54) is 18.4 Å². The molecule has 7 heteroatoms. The van der Waals surface area contributed by atoms with E-state index >= 15 is 0 Å².